The van der Waals surface area contributed by atoms with Crippen LogP contribution in [0.5, 0.6) is 0 Å². The molecule has 0 aromatic heterocycles. The van der Waals surface area contributed by atoms with E-state index in [0.717, 1.165) is 0 Å². The number of halogens is 2. The molecule has 0 unspecified atom stereocenters. The standard InChI is InChI=1S/2BrH.Li.Pb.H/h2*1H;;;/q;;+1;+2;-1/p-2. The predicted molar refractivity (Wildman–Crippen MR) is 24.7 cm³/mol. The van der Waals surface area contributed by atoms with Crippen molar-refractivity contribution >= 4 is 43.4 Å². The van der Waals surface area contributed by atoms with Crippen LogP contribution in [0.15, 0.2) is 0 Å². The molecule has 0 aliphatic rings. The first kappa shape index (κ1) is 9.70. The van der Waals surface area contributed by atoms with Gasteiger partial charge < -0.3 is 1.43 Å². The third-order valence-corrected chi connectivity index (χ3v) is 0. The molecule has 0 aliphatic carbocycles. The fraction of sp³-hybridized carbons (Fsp3) is 0. The Labute approximate surface area is 62.6 Å². The summed E-state index contributed by atoms with van der Waals surface area (Å²) in [6, 6.07) is 0. The van der Waals surface area contributed by atoms with Gasteiger partial charge in [0.2, 0.25) is 0 Å². The van der Waals surface area contributed by atoms with Crippen LogP contribution >= 0.6 is 24.0 Å². The molecule has 0 saturated carbocycles. The number of hydrogen-bond acceptors (Lipinski definition) is 0. The molecule has 0 saturated heterocycles. The van der Waals surface area contributed by atoms with E-state index in [1.165, 1.54) is 0 Å². The maximum atomic E-state index is 3.26. The van der Waals surface area contributed by atoms with E-state index in [2.05, 4.69) is 24.0 Å². The first-order valence-corrected chi connectivity index (χ1v) is 17.2. The molecule has 0 N–H and O–H groups in total. The van der Waals surface area contributed by atoms with Gasteiger partial charge in [0.15, 0.2) is 0 Å². The summed E-state index contributed by atoms with van der Waals surface area (Å²) in [7, 11) is 0. The molecule has 4 heteroatoms. The molecule has 0 spiro atoms. The minimum atomic E-state index is -0.292. The van der Waals surface area contributed by atoms with Gasteiger partial charge in [-0.05, 0) is 0 Å². The zero-order chi connectivity index (χ0) is 2.71. The molecular formula is HBr2LiPb. The van der Waals surface area contributed by atoms with Gasteiger partial charge in [-0.3, -0.25) is 0 Å². The maximum Gasteiger partial charge on any atom is 1.00 e. The van der Waals surface area contributed by atoms with Crippen LogP contribution in [-0.2, 0) is 0 Å². The van der Waals surface area contributed by atoms with Gasteiger partial charge in [0.05, 0.1) is 0 Å². The number of rotatable bonds is 0. The Bertz CT molecular complexity index is 9.61. The Hall–Kier alpha value is 2.48. The van der Waals surface area contributed by atoms with Gasteiger partial charge >= 0.3 is 62.2 Å². The molecule has 4 heavy (non-hydrogen) atoms. The van der Waals surface area contributed by atoms with E-state index in [0.29, 0.717) is 0 Å². The molecule has 0 rings (SSSR count). The van der Waals surface area contributed by atoms with Crippen LogP contribution in [0.2, 0.25) is 0 Å². The van der Waals surface area contributed by atoms with Crippen molar-refractivity contribution in [2.24, 2.45) is 0 Å². The van der Waals surface area contributed by atoms with E-state index in [-0.39, 0.29) is 39.7 Å². The Morgan fingerprint density at radius 3 is 1.50 bits per heavy atom. The molecule has 0 bridgehead atoms. The van der Waals surface area contributed by atoms with Crippen molar-refractivity contribution in [2.45, 2.75) is 0 Å². The Balaban J connectivity index is -0.0000000200. The summed E-state index contributed by atoms with van der Waals surface area (Å²) >= 11 is 6.22. The fourth-order valence-electron chi connectivity index (χ4n) is 0. The van der Waals surface area contributed by atoms with Gasteiger partial charge in [0, 0.05) is 0 Å². The molecule has 0 aromatic rings. The van der Waals surface area contributed by atoms with Gasteiger partial charge in [-0.15, -0.1) is 0 Å². The SMILES string of the molecule is [Br][Pb][Br].[H-].[Li+]. The van der Waals surface area contributed by atoms with Crippen molar-refractivity contribution < 1.29 is 20.3 Å². The van der Waals surface area contributed by atoms with E-state index >= 15 is 0 Å². The van der Waals surface area contributed by atoms with Crippen LogP contribution < -0.4 is 18.9 Å². The van der Waals surface area contributed by atoms with Gasteiger partial charge in [0.1, 0.15) is 0 Å². The predicted octanol–water partition coefficient (Wildman–Crippen LogP) is -1.57. The summed E-state index contributed by atoms with van der Waals surface area (Å²) in [5.74, 6) is 0. The topological polar surface area (TPSA) is 0 Å². The third kappa shape index (κ3) is 8.82. The summed E-state index contributed by atoms with van der Waals surface area (Å²) in [5, 5.41) is 0. The number of hydrogen-bond donors (Lipinski definition) is 0. The monoisotopic (exact) mass is 374 g/mol. The first-order valence-electron chi connectivity index (χ1n) is 0.378. The molecule has 20 valence electrons. The first-order chi connectivity index (χ1) is 1.41. The van der Waals surface area contributed by atoms with Crippen molar-refractivity contribution in [3.8, 4) is 0 Å². The van der Waals surface area contributed by atoms with Crippen LogP contribution in [0.1, 0.15) is 1.43 Å². The van der Waals surface area contributed by atoms with Crippen molar-refractivity contribution in [3.05, 3.63) is 0 Å². The summed E-state index contributed by atoms with van der Waals surface area (Å²) < 4.78 is 0. The van der Waals surface area contributed by atoms with Crippen LogP contribution in [0, 0.1) is 0 Å². The second-order valence-corrected chi connectivity index (χ2v) is 16.9. The quantitative estimate of drug-likeness (QED) is 0.449. The van der Waals surface area contributed by atoms with Crippen LogP contribution in [0.3, 0.4) is 0 Å². The molecule has 2 radical (unpaired) electrons. The van der Waals surface area contributed by atoms with E-state index in [4.69, 9.17) is 0 Å². The van der Waals surface area contributed by atoms with Crippen LogP contribution in [0.4, 0.5) is 0 Å². The summed E-state index contributed by atoms with van der Waals surface area (Å²) in [5.41, 5.74) is 0. The molecule has 0 nitrogen and oxygen atoms in total. The van der Waals surface area contributed by atoms with Crippen molar-refractivity contribution in [2.75, 3.05) is 0 Å². The Morgan fingerprint density at radius 1 is 1.50 bits per heavy atom. The normalized spacial score (nSPS) is 4.50. The Morgan fingerprint density at radius 2 is 1.50 bits per heavy atom. The van der Waals surface area contributed by atoms with Crippen LogP contribution in [0.25, 0.3) is 0 Å². The summed E-state index contributed by atoms with van der Waals surface area (Å²) in [6.45, 7) is 0. The van der Waals surface area contributed by atoms with E-state index in [1.807, 2.05) is 0 Å². The Kier molecular flexibility index (Phi) is 22.0. The van der Waals surface area contributed by atoms with Gasteiger partial charge in [-0.25, -0.2) is 0 Å². The average molecular weight is 375 g/mol. The summed E-state index contributed by atoms with van der Waals surface area (Å²) in [6.07, 6.45) is 0. The van der Waals surface area contributed by atoms with Crippen LogP contribution in [-0.4, -0.2) is 19.4 Å². The van der Waals surface area contributed by atoms with Crippen molar-refractivity contribution in [3.63, 3.8) is 0 Å². The molecule has 0 fully saturated rings. The molecule has 0 amide bonds. The smallest absolute Gasteiger partial charge is 1.00 e. The third-order valence-electron chi connectivity index (χ3n) is 0. The largest absolute Gasteiger partial charge is 1.00 e. The van der Waals surface area contributed by atoms with Crippen molar-refractivity contribution in [1.82, 2.24) is 0 Å². The average Bonchev–Trinajstić information content (AvgIpc) is 0.918. The zero-order valence-electron chi connectivity index (χ0n) is 3.26. The van der Waals surface area contributed by atoms with Gasteiger partial charge in [-0.2, -0.15) is 0 Å². The molecular weight excluding hydrogens is 374 g/mol. The second kappa shape index (κ2) is 9.08. The van der Waals surface area contributed by atoms with E-state index in [1.54, 1.807) is 0 Å². The van der Waals surface area contributed by atoms with E-state index < -0.39 is 0 Å². The summed E-state index contributed by atoms with van der Waals surface area (Å²) in [4.78, 5) is 0. The molecule has 0 aliphatic heterocycles. The van der Waals surface area contributed by atoms with Gasteiger partial charge in [0.25, 0.3) is 0 Å². The zero-order valence-corrected chi connectivity index (χ0v) is 9.32. The molecule has 0 aromatic carbocycles. The molecule has 0 heterocycles. The maximum absolute atomic E-state index is 3.26. The minimum Gasteiger partial charge on any atom is -1.00 e. The molecule has 0 atom stereocenters. The van der Waals surface area contributed by atoms with Gasteiger partial charge in [-0.1, -0.05) is 0 Å². The fourth-order valence-corrected chi connectivity index (χ4v) is 0. The van der Waals surface area contributed by atoms with E-state index in [9.17, 15) is 0 Å². The second-order valence-electron chi connectivity index (χ2n) is 0.0714. The minimum absolute atomic E-state index is 0. The van der Waals surface area contributed by atoms with Crippen molar-refractivity contribution in [1.29, 1.82) is 0 Å².